The zero-order valence-electron chi connectivity index (χ0n) is 13.9. The van der Waals surface area contributed by atoms with Gasteiger partial charge < -0.3 is 10.5 Å². The zero-order chi connectivity index (χ0) is 18.1. The summed E-state index contributed by atoms with van der Waals surface area (Å²) in [4.78, 5) is 13.8. The maximum atomic E-state index is 12.8. The van der Waals surface area contributed by atoms with Gasteiger partial charge in [-0.25, -0.2) is 4.79 Å². The molecule has 2 N–H and O–H groups in total. The van der Waals surface area contributed by atoms with Crippen molar-refractivity contribution in [1.29, 1.82) is 0 Å². The lowest BCUT2D eigenvalue weighted by Crippen LogP contribution is -2.37. The Balaban J connectivity index is 2.35. The second-order valence-electron chi connectivity index (χ2n) is 6.66. The lowest BCUT2D eigenvalue weighted by Gasteiger charge is -2.32. The number of alkyl halides is 3. The van der Waals surface area contributed by atoms with Crippen LogP contribution in [0.2, 0.25) is 0 Å². The van der Waals surface area contributed by atoms with Gasteiger partial charge in [-0.2, -0.15) is 13.2 Å². The van der Waals surface area contributed by atoms with Gasteiger partial charge in [-0.05, 0) is 45.7 Å². The number of amides is 1. The molecule has 2 rings (SSSR count). The fourth-order valence-corrected chi connectivity index (χ4v) is 2.45. The number of rotatable bonds is 1. The van der Waals surface area contributed by atoms with E-state index < -0.39 is 23.4 Å². The maximum Gasteiger partial charge on any atom is 0.416 e. The molecule has 4 nitrogen and oxygen atoms in total. The summed E-state index contributed by atoms with van der Waals surface area (Å²) < 4.78 is 43.7. The minimum absolute atomic E-state index is 0.0217. The van der Waals surface area contributed by atoms with Crippen LogP contribution in [0, 0.1) is 0 Å². The van der Waals surface area contributed by atoms with E-state index in [-0.39, 0.29) is 5.69 Å². The number of benzene rings is 1. The van der Waals surface area contributed by atoms with Gasteiger partial charge in [0, 0.05) is 17.8 Å². The quantitative estimate of drug-likeness (QED) is 0.755. The molecule has 7 heteroatoms. The summed E-state index contributed by atoms with van der Waals surface area (Å²) in [5.74, 6) is 0. The van der Waals surface area contributed by atoms with Gasteiger partial charge >= 0.3 is 12.3 Å². The molecule has 1 heterocycles. The molecule has 0 unspecified atom stereocenters. The summed E-state index contributed by atoms with van der Waals surface area (Å²) in [6.45, 7) is 5.70. The third kappa shape index (κ3) is 4.21. The number of anilines is 1. The summed E-state index contributed by atoms with van der Waals surface area (Å²) >= 11 is 0. The topological polar surface area (TPSA) is 55.6 Å². The summed E-state index contributed by atoms with van der Waals surface area (Å²) in [5, 5.41) is 0. The Bertz CT molecular complexity index is 661. The number of carbonyl (C=O) groups excluding carboxylic acids is 1. The number of carbonyl (C=O) groups is 1. The van der Waals surface area contributed by atoms with Crippen molar-refractivity contribution in [2.45, 2.75) is 45.4 Å². The standard InChI is InChI=1S/C17H21F3N2O2/c1-16(2,3)24-15(23)22-9-5-4-6-14(22)12-8-7-11(10-13(12)21)17(18,19)20/h6-8,10H,4-5,9,21H2,1-3H3. The summed E-state index contributed by atoms with van der Waals surface area (Å²) in [6, 6.07) is 3.15. The first-order chi connectivity index (χ1) is 11.0. The molecule has 132 valence electrons. The van der Waals surface area contributed by atoms with Crippen LogP contribution in [-0.2, 0) is 10.9 Å². The molecule has 1 aliphatic heterocycles. The van der Waals surface area contributed by atoms with Gasteiger partial charge in [0.25, 0.3) is 0 Å². The molecule has 1 amide bonds. The fraction of sp³-hybridized carbons (Fsp3) is 0.471. The molecule has 0 saturated carbocycles. The van der Waals surface area contributed by atoms with Crippen molar-refractivity contribution in [1.82, 2.24) is 4.90 Å². The van der Waals surface area contributed by atoms with E-state index in [0.29, 0.717) is 17.8 Å². The third-order valence-electron chi connectivity index (χ3n) is 3.48. The number of allylic oxidation sites excluding steroid dienone is 1. The SMILES string of the molecule is CC(C)(C)OC(=O)N1CCCC=C1c1ccc(C(F)(F)F)cc1N. The van der Waals surface area contributed by atoms with Crippen molar-refractivity contribution >= 4 is 17.5 Å². The lowest BCUT2D eigenvalue weighted by molar-refractivity contribution is -0.137. The number of nitrogens with zero attached hydrogens (tertiary/aromatic N) is 1. The third-order valence-corrected chi connectivity index (χ3v) is 3.48. The maximum absolute atomic E-state index is 12.8. The van der Waals surface area contributed by atoms with Gasteiger partial charge in [0.1, 0.15) is 5.60 Å². The molecule has 24 heavy (non-hydrogen) atoms. The van der Waals surface area contributed by atoms with Crippen LogP contribution in [0.25, 0.3) is 5.70 Å². The number of hydrogen-bond donors (Lipinski definition) is 1. The average molecular weight is 342 g/mol. The highest BCUT2D eigenvalue weighted by molar-refractivity contribution is 5.86. The Hall–Kier alpha value is -2.18. The predicted molar refractivity (Wildman–Crippen MR) is 86.0 cm³/mol. The second-order valence-corrected chi connectivity index (χ2v) is 6.66. The van der Waals surface area contributed by atoms with E-state index in [0.717, 1.165) is 25.0 Å². The van der Waals surface area contributed by atoms with Gasteiger partial charge in [0.15, 0.2) is 0 Å². The number of halogens is 3. The Labute approximate surface area is 139 Å². The number of hydrogen-bond acceptors (Lipinski definition) is 3. The van der Waals surface area contributed by atoms with Crippen molar-refractivity contribution in [2.75, 3.05) is 12.3 Å². The lowest BCUT2D eigenvalue weighted by atomic mass is 10.0. The predicted octanol–water partition coefficient (Wildman–Crippen LogP) is 4.66. The summed E-state index contributed by atoms with van der Waals surface area (Å²) in [5.41, 5.74) is 5.20. The molecule has 0 aliphatic carbocycles. The smallest absolute Gasteiger partial charge is 0.416 e. The Kier molecular flexibility index (Phi) is 4.82. The minimum atomic E-state index is -4.46. The monoisotopic (exact) mass is 342 g/mol. The van der Waals surface area contributed by atoms with Crippen molar-refractivity contribution in [3.8, 4) is 0 Å². The van der Waals surface area contributed by atoms with Gasteiger partial charge in [-0.3, -0.25) is 4.90 Å². The molecule has 0 spiro atoms. The molecule has 0 atom stereocenters. The molecule has 0 bridgehead atoms. The van der Waals surface area contributed by atoms with Crippen molar-refractivity contribution in [3.05, 3.63) is 35.4 Å². The summed E-state index contributed by atoms with van der Waals surface area (Å²) in [7, 11) is 0. The van der Waals surface area contributed by atoms with E-state index in [4.69, 9.17) is 10.5 Å². The zero-order valence-corrected chi connectivity index (χ0v) is 13.9. The minimum Gasteiger partial charge on any atom is -0.443 e. The molecule has 0 saturated heterocycles. The van der Waals surface area contributed by atoms with Crippen molar-refractivity contribution in [2.24, 2.45) is 0 Å². The molecule has 0 radical (unpaired) electrons. The van der Waals surface area contributed by atoms with Gasteiger partial charge in [-0.1, -0.05) is 12.1 Å². The first-order valence-corrected chi connectivity index (χ1v) is 7.67. The van der Waals surface area contributed by atoms with Crippen LogP contribution >= 0.6 is 0 Å². The Morgan fingerprint density at radius 3 is 2.46 bits per heavy atom. The normalized spacial score (nSPS) is 15.9. The number of nitrogens with two attached hydrogens (primary N) is 1. The fourth-order valence-electron chi connectivity index (χ4n) is 2.45. The Morgan fingerprint density at radius 1 is 1.25 bits per heavy atom. The van der Waals surface area contributed by atoms with E-state index in [1.54, 1.807) is 26.8 Å². The molecule has 1 aliphatic rings. The Morgan fingerprint density at radius 2 is 1.92 bits per heavy atom. The molecular formula is C17H21F3N2O2. The van der Waals surface area contributed by atoms with Crippen molar-refractivity contribution < 1.29 is 22.7 Å². The van der Waals surface area contributed by atoms with E-state index in [1.807, 2.05) is 0 Å². The van der Waals surface area contributed by atoms with E-state index in [2.05, 4.69) is 0 Å². The van der Waals surface area contributed by atoms with Crippen LogP contribution in [0.5, 0.6) is 0 Å². The molecular weight excluding hydrogens is 321 g/mol. The highest BCUT2D eigenvalue weighted by Gasteiger charge is 2.32. The van der Waals surface area contributed by atoms with Gasteiger partial charge in [0.2, 0.25) is 0 Å². The van der Waals surface area contributed by atoms with Crippen LogP contribution in [0.4, 0.5) is 23.7 Å². The average Bonchev–Trinajstić information content (AvgIpc) is 2.44. The van der Waals surface area contributed by atoms with Crippen molar-refractivity contribution in [3.63, 3.8) is 0 Å². The molecule has 0 aromatic heterocycles. The second kappa shape index (κ2) is 6.37. The summed E-state index contributed by atoms with van der Waals surface area (Å²) in [6.07, 6.45) is -1.73. The molecule has 0 fully saturated rings. The van der Waals surface area contributed by atoms with Gasteiger partial charge in [-0.15, -0.1) is 0 Å². The number of nitrogen functional groups attached to an aromatic ring is 1. The van der Waals surface area contributed by atoms with Crippen LogP contribution in [0.3, 0.4) is 0 Å². The van der Waals surface area contributed by atoms with Crippen LogP contribution in [-0.4, -0.2) is 23.1 Å². The molecule has 1 aromatic carbocycles. The van der Waals surface area contributed by atoms with Crippen LogP contribution in [0.1, 0.15) is 44.7 Å². The first kappa shape index (κ1) is 18.2. The highest BCUT2D eigenvalue weighted by Crippen LogP contribution is 2.35. The van der Waals surface area contributed by atoms with E-state index in [1.165, 1.54) is 11.0 Å². The number of ether oxygens (including phenoxy) is 1. The van der Waals surface area contributed by atoms with E-state index >= 15 is 0 Å². The van der Waals surface area contributed by atoms with Gasteiger partial charge in [0.05, 0.1) is 11.3 Å². The van der Waals surface area contributed by atoms with E-state index in [9.17, 15) is 18.0 Å². The van der Waals surface area contributed by atoms with Crippen LogP contribution < -0.4 is 5.73 Å². The molecule has 1 aromatic rings. The van der Waals surface area contributed by atoms with Crippen LogP contribution in [0.15, 0.2) is 24.3 Å². The first-order valence-electron chi connectivity index (χ1n) is 7.67. The largest absolute Gasteiger partial charge is 0.443 e. The highest BCUT2D eigenvalue weighted by atomic mass is 19.4.